The quantitative estimate of drug-likeness (QED) is 0.907. The molecule has 0 radical (unpaired) electrons. The number of nitrogens with zero attached hydrogens (tertiary/aromatic N) is 1. The van der Waals surface area contributed by atoms with Gasteiger partial charge in [0.05, 0.1) is 13.5 Å². The van der Waals surface area contributed by atoms with Crippen molar-refractivity contribution in [3.05, 3.63) is 29.8 Å². The number of rotatable bonds is 4. The van der Waals surface area contributed by atoms with Crippen LogP contribution in [0.2, 0.25) is 0 Å². The number of piperazine rings is 1. The van der Waals surface area contributed by atoms with E-state index in [4.69, 9.17) is 4.74 Å². The van der Waals surface area contributed by atoms with Crippen LogP contribution in [-0.2, 0) is 16.0 Å². The molecular weight excluding hydrogens is 268 g/mol. The zero-order valence-electron chi connectivity index (χ0n) is 12.8. The van der Waals surface area contributed by atoms with E-state index in [0.29, 0.717) is 19.5 Å². The van der Waals surface area contributed by atoms with Crippen molar-refractivity contribution < 1.29 is 14.3 Å². The minimum Gasteiger partial charge on any atom is -0.497 e. The summed E-state index contributed by atoms with van der Waals surface area (Å²) in [6.07, 6.45) is 0.306. The van der Waals surface area contributed by atoms with Gasteiger partial charge in [-0.2, -0.15) is 0 Å². The molecule has 1 unspecified atom stereocenters. The Kier molecular flexibility index (Phi) is 4.83. The van der Waals surface area contributed by atoms with Crippen LogP contribution in [0.5, 0.6) is 5.75 Å². The highest BCUT2D eigenvalue weighted by Crippen LogP contribution is 2.17. The van der Waals surface area contributed by atoms with Gasteiger partial charge in [0.25, 0.3) is 0 Å². The molecule has 2 amide bonds. The van der Waals surface area contributed by atoms with Crippen molar-refractivity contribution in [1.82, 2.24) is 10.2 Å². The second-order valence-corrected chi connectivity index (χ2v) is 5.59. The van der Waals surface area contributed by atoms with Gasteiger partial charge >= 0.3 is 0 Å². The van der Waals surface area contributed by atoms with Crippen LogP contribution in [0.25, 0.3) is 0 Å². The molecule has 1 fully saturated rings. The molecule has 0 aliphatic carbocycles. The Balaban J connectivity index is 2.08. The molecule has 5 heteroatoms. The number of carbonyl (C=O) groups is 2. The lowest BCUT2D eigenvalue weighted by atomic mass is 9.98. The fourth-order valence-corrected chi connectivity index (χ4v) is 2.65. The molecule has 0 saturated carbocycles. The molecule has 0 aromatic heterocycles. The van der Waals surface area contributed by atoms with Gasteiger partial charge in [0.15, 0.2) is 0 Å². The Morgan fingerprint density at radius 3 is 2.62 bits per heavy atom. The third-order valence-electron chi connectivity index (χ3n) is 3.72. The highest BCUT2D eigenvalue weighted by molar-refractivity contribution is 5.89. The van der Waals surface area contributed by atoms with Gasteiger partial charge in [-0.05, 0) is 23.6 Å². The molecule has 0 bridgehead atoms. The van der Waals surface area contributed by atoms with Crippen LogP contribution in [0.1, 0.15) is 19.4 Å². The highest BCUT2D eigenvalue weighted by atomic mass is 16.5. The van der Waals surface area contributed by atoms with E-state index in [1.54, 1.807) is 12.0 Å². The van der Waals surface area contributed by atoms with Crippen molar-refractivity contribution in [2.45, 2.75) is 26.3 Å². The molecule has 5 nitrogen and oxygen atoms in total. The summed E-state index contributed by atoms with van der Waals surface area (Å²) >= 11 is 0. The van der Waals surface area contributed by atoms with Gasteiger partial charge < -0.3 is 15.0 Å². The number of hydrogen-bond donors (Lipinski definition) is 1. The first-order valence-corrected chi connectivity index (χ1v) is 7.23. The molecular formula is C16H22N2O3. The fraction of sp³-hybridized carbons (Fsp3) is 0.500. The van der Waals surface area contributed by atoms with E-state index in [-0.39, 0.29) is 23.8 Å². The van der Waals surface area contributed by atoms with Crippen LogP contribution < -0.4 is 10.1 Å². The number of hydrogen-bond acceptors (Lipinski definition) is 3. The molecule has 2 rings (SSSR count). The summed E-state index contributed by atoms with van der Waals surface area (Å²) < 4.78 is 5.10. The summed E-state index contributed by atoms with van der Waals surface area (Å²) in [6.45, 7) is 5.02. The molecule has 114 valence electrons. The fourth-order valence-electron chi connectivity index (χ4n) is 2.65. The number of methoxy groups -OCH3 is 1. The van der Waals surface area contributed by atoms with Crippen LogP contribution in [0.15, 0.2) is 24.3 Å². The van der Waals surface area contributed by atoms with E-state index in [1.807, 2.05) is 38.1 Å². The van der Waals surface area contributed by atoms with E-state index < -0.39 is 0 Å². The molecule has 1 atom stereocenters. The molecule has 1 aromatic carbocycles. The molecule has 1 aromatic rings. The third-order valence-corrected chi connectivity index (χ3v) is 3.72. The second-order valence-electron chi connectivity index (χ2n) is 5.59. The topological polar surface area (TPSA) is 58.6 Å². The largest absolute Gasteiger partial charge is 0.497 e. The monoisotopic (exact) mass is 290 g/mol. The summed E-state index contributed by atoms with van der Waals surface area (Å²) in [5.74, 6) is 0.807. The standard InChI is InChI=1S/C16H22N2O3/c1-11(2)15-16(20)17-8-9-18(15)14(19)10-12-4-6-13(21-3)7-5-12/h4-7,11,15H,8-10H2,1-3H3,(H,17,20). The van der Waals surface area contributed by atoms with Gasteiger partial charge in [0, 0.05) is 13.1 Å². The maximum Gasteiger partial charge on any atom is 0.243 e. The van der Waals surface area contributed by atoms with Crippen molar-refractivity contribution in [2.24, 2.45) is 5.92 Å². The first-order valence-electron chi connectivity index (χ1n) is 7.23. The zero-order chi connectivity index (χ0) is 15.4. The molecule has 0 spiro atoms. The molecule has 1 saturated heterocycles. The van der Waals surface area contributed by atoms with Crippen molar-refractivity contribution in [1.29, 1.82) is 0 Å². The average molecular weight is 290 g/mol. The number of carbonyl (C=O) groups excluding carboxylic acids is 2. The summed E-state index contributed by atoms with van der Waals surface area (Å²) in [7, 11) is 1.61. The van der Waals surface area contributed by atoms with E-state index in [2.05, 4.69) is 5.32 Å². The summed E-state index contributed by atoms with van der Waals surface area (Å²) in [5.41, 5.74) is 0.925. The molecule has 1 aliphatic rings. The van der Waals surface area contributed by atoms with Gasteiger partial charge in [-0.15, -0.1) is 0 Å². The lowest BCUT2D eigenvalue weighted by Gasteiger charge is -2.37. The normalized spacial score (nSPS) is 18.6. The van der Waals surface area contributed by atoms with Gasteiger partial charge in [-0.1, -0.05) is 26.0 Å². The first-order chi connectivity index (χ1) is 10.0. The summed E-state index contributed by atoms with van der Waals surface area (Å²) in [6, 6.07) is 7.07. The number of amides is 2. The lowest BCUT2D eigenvalue weighted by molar-refractivity contribution is -0.144. The smallest absolute Gasteiger partial charge is 0.243 e. The molecule has 1 heterocycles. The summed E-state index contributed by atoms with van der Waals surface area (Å²) in [5, 5.41) is 2.83. The SMILES string of the molecule is COc1ccc(CC(=O)N2CCNC(=O)C2C(C)C)cc1. The predicted molar refractivity (Wildman–Crippen MR) is 80.0 cm³/mol. The van der Waals surface area contributed by atoms with E-state index in [1.165, 1.54) is 0 Å². The van der Waals surface area contributed by atoms with E-state index >= 15 is 0 Å². The number of nitrogens with one attached hydrogen (secondary N) is 1. The third kappa shape index (κ3) is 3.54. The maximum atomic E-state index is 12.5. The lowest BCUT2D eigenvalue weighted by Crippen LogP contribution is -2.59. The van der Waals surface area contributed by atoms with Gasteiger partial charge in [-0.25, -0.2) is 0 Å². The van der Waals surface area contributed by atoms with Crippen LogP contribution in [0, 0.1) is 5.92 Å². The van der Waals surface area contributed by atoms with Gasteiger partial charge in [0.2, 0.25) is 11.8 Å². The minimum atomic E-state index is -0.371. The maximum absolute atomic E-state index is 12.5. The Morgan fingerprint density at radius 1 is 1.38 bits per heavy atom. The Hall–Kier alpha value is -2.04. The van der Waals surface area contributed by atoms with Crippen molar-refractivity contribution in [2.75, 3.05) is 20.2 Å². The Morgan fingerprint density at radius 2 is 2.05 bits per heavy atom. The minimum absolute atomic E-state index is 0.00582. The average Bonchev–Trinajstić information content (AvgIpc) is 2.47. The zero-order valence-corrected chi connectivity index (χ0v) is 12.8. The summed E-state index contributed by atoms with van der Waals surface area (Å²) in [4.78, 5) is 26.2. The number of benzene rings is 1. The molecule has 1 N–H and O–H groups in total. The number of ether oxygens (including phenoxy) is 1. The second kappa shape index (κ2) is 6.61. The molecule has 1 aliphatic heterocycles. The van der Waals surface area contributed by atoms with Gasteiger partial charge in [0.1, 0.15) is 11.8 Å². The Bertz CT molecular complexity index is 511. The van der Waals surface area contributed by atoms with Crippen LogP contribution in [-0.4, -0.2) is 43.0 Å². The van der Waals surface area contributed by atoms with Crippen molar-refractivity contribution >= 4 is 11.8 Å². The first kappa shape index (κ1) is 15.4. The van der Waals surface area contributed by atoms with Crippen LogP contribution in [0.4, 0.5) is 0 Å². The highest BCUT2D eigenvalue weighted by Gasteiger charge is 2.34. The Labute approximate surface area is 125 Å². The van der Waals surface area contributed by atoms with Gasteiger partial charge in [-0.3, -0.25) is 9.59 Å². The van der Waals surface area contributed by atoms with Crippen LogP contribution in [0.3, 0.4) is 0 Å². The van der Waals surface area contributed by atoms with Crippen molar-refractivity contribution in [3.8, 4) is 5.75 Å². The van der Waals surface area contributed by atoms with E-state index in [0.717, 1.165) is 11.3 Å². The molecule has 21 heavy (non-hydrogen) atoms. The van der Waals surface area contributed by atoms with Crippen LogP contribution >= 0.6 is 0 Å². The van der Waals surface area contributed by atoms with Crippen molar-refractivity contribution in [3.63, 3.8) is 0 Å². The van der Waals surface area contributed by atoms with E-state index in [9.17, 15) is 9.59 Å². The predicted octanol–water partition coefficient (Wildman–Crippen LogP) is 1.22.